The van der Waals surface area contributed by atoms with E-state index in [0.717, 1.165) is 19.3 Å². The van der Waals surface area contributed by atoms with Gasteiger partial charge >= 0.3 is 18.5 Å². The third kappa shape index (κ3) is 4.79. The second kappa shape index (κ2) is 9.11. The lowest BCUT2D eigenvalue weighted by Gasteiger charge is -2.47. The number of halogens is 10. The van der Waals surface area contributed by atoms with Crippen molar-refractivity contribution in [1.29, 1.82) is 0 Å². The van der Waals surface area contributed by atoms with Gasteiger partial charge in [-0.25, -0.2) is 4.39 Å². The molecule has 1 N–H and O–H groups in total. The van der Waals surface area contributed by atoms with Crippen LogP contribution in [0.4, 0.5) is 43.9 Å². The second-order valence-electron chi connectivity index (χ2n) is 10.2. The summed E-state index contributed by atoms with van der Waals surface area (Å²) in [6.45, 7) is -0.361. The lowest BCUT2D eigenvalue weighted by atomic mass is 9.81. The molecule has 2 fully saturated rings. The van der Waals surface area contributed by atoms with Crippen LogP contribution in [0.1, 0.15) is 47.1 Å². The van der Waals surface area contributed by atoms with Gasteiger partial charge in [-0.3, -0.25) is 15.1 Å². The first-order valence-electron chi connectivity index (χ1n) is 12.1. The molecule has 1 amide bonds. The smallest absolute Gasteiger partial charge is 0.335 e. The number of hydrogen-bond donors (Lipinski definition) is 1. The van der Waals surface area contributed by atoms with Gasteiger partial charge in [-0.05, 0) is 48.2 Å². The van der Waals surface area contributed by atoms with Crippen molar-refractivity contribution in [2.75, 3.05) is 13.1 Å². The molecule has 0 spiro atoms. The summed E-state index contributed by atoms with van der Waals surface area (Å²) in [7, 11) is 0. The highest BCUT2D eigenvalue weighted by Crippen LogP contribution is 2.50. The number of carbonyl (C=O) groups is 1. The summed E-state index contributed by atoms with van der Waals surface area (Å²) in [6.07, 6.45) is -13.5. The van der Waals surface area contributed by atoms with Crippen molar-refractivity contribution in [3.05, 3.63) is 76.4 Å². The summed E-state index contributed by atoms with van der Waals surface area (Å²) in [5, 5.41) is 0. The number of nitrogens with zero attached hydrogens (tertiary/aromatic N) is 1. The largest absolute Gasteiger partial charge is 0.428 e. The SMILES string of the molecule is O=C(C1CCC1)N1CC(F)(c2ccc(C3=CC(c4cc(C(F)(F)F)cc(C(F)(F)F)c4)(C(F)(F)F)ON3)cc2)C1. The Hall–Kier alpha value is -3.29. The van der Waals surface area contributed by atoms with Gasteiger partial charge in [-0.15, -0.1) is 0 Å². The predicted octanol–water partition coefficient (Wildman–Crippen LogP) is 6.86. The molecule has 2 heterocycles. The quantitative estimate of drug-likeness (QED) is 0.401. The summed E-state index contributed by atoms with van der Waals surface area (Å²) in [6, 6.07) is 4.64. The van der Waals surface area contributed by atoms with Crippen LogP contribution in [0.25, 0.3) is 5.70 Å². The fraction of sp³-hybridized carbons (Fsp3) is 0.423. The van der Waals surface area contributed by atoms with Gasteiger partial charge in [-0.2, -0.15) is 39.5 Å². The number of nitrogens with one attached hydrogen (secondary N) is 1. The Bertz CT molecular complexity index is 1300. The molecule has 0 radical (unpaired) electrons. The molecule has 1 aliphatic carbocycles. The Morgan fingerprint density at radius 1 is 0.850 bits per heavy atom. The van der Waals surface area contributed by atoms with Gasteiger partial charge in [0, 0.05) is 11.5 Å². The molecule has 0 aromatic heterocycles. The summed E-state index contributed by atoms with van der Waals surface area (Å²) in [4.78, 5) is 18.4. The lowest BCUT2D eigenvalue weighted by molar-refractivity contribution is -0.269. The van der Waals surface area contributed by atoms with Gasteiger partial charge in [0.1, 0.15) is 0 Å². The summed E-state index contributed by atoms with van der Waals surface area (Å²) < 4.78 is 138. The van der Waals surface area contributed by atoms with Crippen LogP contribution >= 0.6 is 0 Å². The van der Waals surface area contributed by atoms with E-state index < -0.39 is 52.2 Å². The molecule has 4 nitrogen and oxygen atoms in total. The number of alkyl halides is 10. The first-order valence-corrected chi connectivity index (χ1v) is 12.1. The number of amides is 1. The first kappa shape index (κ1) is 28.2. The fourth-order valence-electron chi connectivity index (χ4n) is 4.91. The maximum absolute atomic E-state index is 15.3. The number of carbonyl (C=O) groups excluding carboxylic acids is 1. The summed E-state index contributed by atoms with van der Waals surface area (Å²) >= 11 is 0. The number of likely N-dealkylation sites (tertiary alicyclic amines) is 1. The Kier molecular flexibility index (Phi) is 6.44. The van der Waals surface area contributed by atoms with Crippen molar-refractivity contribution in [2.45, 2.75) is 49.1 Å². The van der Waals surface area contributed by atoms with Crippen molar-refractivity contribution in [3.63, 3.8) is 0 Å². The van der Waals surface area contributed by atoms with Crippen LogP contribution in [0.2, 0.25) is 0 Å². The molecule has 2 aromatic carbocycles. The van der Waals surface area contributed by atoms with Crippen LogP contribution in [-0.4, -0.2) is 30.1 Å². The van der Waals surface area contributed by atoms with Gasteiger partial charge in [0.2, 0.25) is 11.5 Å². The van der Waals surface area contributed by atoms with Gasteiger partial charge in [0.05, 0.1) is 29.9 Å². The fourth-order valence-corrected chi connectivity index (χ4v) is 4.91. The molecule has 1 atom stereocenters. The molecule has 1 saturated carbocycles. The summed E-state index contributed by atoms with van der Waals surface area (Å²) in [5.74, 6) is -0.231. The lowest BCUT2D eigenvalue weighted by Crippen LogP contribution is -2.60. The third-order valence-corrected chi connectivity index (χ3v) is 7.47. The number of rotatable bonds is 4. The second-order valence-corrected chi connectivity index (χ2v) is 10.2. The predicted molar refractivity (Wildman–Crippen MR) is 120 cm³/mol. The van der Waals surface area contributed by atoms with Gasteiger partial charge in [0.15, 0.2) is 5.67 Å². The van der Waals surface area contributed by atoms with E-state index in [2.05, 4.69) is 4.84 Å². The van der Waals surface area contributed by atoms with Crippen LogP contribution in [0.15, 0.2) is 48.5 Å². The highest BCUT2D eigenvalue weighted by atomic mass is 19.4. The molecule has 1 saturated heterocycles. The maximum atomic E-state index is 15.3. The number of hydroxylamine groups is 1. The zero-order chi connectivity index (χ0) is 29.3. The van der Waals surface area contributed by atoms with E-state index in [1.54, 1.807) is 0 Å². The molecule has 3 aliphatic rings. The molecule has 5 rings (SSSR count). The van der Waals surface area contributed by atoms with E-state index in [1.165, 1.54) is 29.2 Å². The van der Waals surface area contributed by atoms with Crippen LogP contribution in [-0.2, 0) is 33.3 Å². The van der Waals surface area contributed by atoms with Crippen molar-refractivity contribution in [1.82, 2.24) is 10.4 Å². The van der Waals surface area contributed by atoms with Gasteiger partial charge in [-0.1, -0.05) is 30.7 Å². The Labute approximate surface area is 220 Å². The van der Waals surface area contributed by atoms with Crippen molar-refractivity contribution in [3.8, 4) is 0 Å². The minimum absolute atomic E-state index is 0.00298. The minimum atomic E-state index is -5.49. The van der Waals surface area contributed by atoms with Crippen molar-refractivity contribution >= 4 is 11.6 Å². The average molecular weight is 582 g/mol. The number of hydrogen-bond acceptors (Lipinski definition) is 3. The first-order chi connectivity index (χ1) is 18.4. The van der Waals surface area contributed by atoms with E-state index >= 15 is 4.39 Å². The maximum Gasteiger partial charge on any atom is 0.428 e. The summed E-state index contributed by atoms with van der Waals surface area (Å²) in [5.41, 5.74) is -9.16. The highest BCUT2D eigenvalue weighted by molar-refractivity contribution is 5.81. The molecule has 216 valence electrons. The van der Waals surface area contributed by atoms with E-state index in [0.29, 0.717) is 6.08 Å². The zero-order valence-electron chi connectivity index (χ0n) is 20.3. The highest BCUT2D eigenvalue weighted by Gasteiger charge is 2.60. The van der Waals surface area contributed by atoms with E-state index in [4.69, 9.17) is 0 Å². The topological polar surface area (TPSA) is 41.6 Å². The third-order valence-electron chi connectivity index (χ3n) is 7.47. The van der Waals surface area contributed by atoms with Crippen LogP contribution in [0.3, 0.4) is 0 Å². The van der Waals surface area contributed by atoms with E-state index in [1.807, 2.05) is 5.48 Å². The van der Waals surface area contributed by atoms with E-state index in [-0.39, 0.29) is 54.2 Å². The molecular formula is C26H20F10N2O2. The van der Waals surface area contributed by atoms with Crippen LogP contribution in [0.5, 0.6) is 0 Å². The Balaban J connectivity index is 1.45. The molecule has 2 aromatic rings. The zero-order valence-corrected chi connectivity index (χ0v) is 20.3. The average Bonchev–Trinajstić information content (AvgIpc) is 3.27. The standard InChI is InChI=1S/C26H20F10N2O2/c27-22(12-38(13-22)21(39)15-2-1-3-15)16-6-4-14(5-7-16)20-11-23(40-37-20,26(34,35)36)17-8-18(24(28,29)30)10-19(9-17)25(31,32)33/h4-11,15,37H,1-3,12-13H2. The molecule has 14 heteroatoms. The molecular weight excluding hydrogens is 562 g/mol. The van der Waals surface area contributed by atoms with Gasteiger partial charge < -0.3 is 4.90 Å². The molecule has 1 unspecified atom stereocenters. The molecule has 2 aliphatic heterocycles. The molecule has 40 heavy (non-hydrogen) atoms. The molecule has 0 bridgehead atoms. The Morgan fingerprint density at radius 2 is 1.40 bits per heavy atom. The van der Waals surface area contributed by atoms with Crippen LogP contribution in [0, 0.1) is 5.92 Å². The van der Waals surface area contributed by atoms with Crippen LogP contribution < -0.4 is 5.48 Å². The van der Waals surface area contributed by atoms with E-state index in [9.17, 15) is 44.3 Å². The number of benzene rings is 2. The normalized spacial score (nSPS) is 23.2. The monoisotopic (exact) mass is 582 g/mol. The van der Waals surface area contributed by atoms with Crippen molar-refractivity contribution < 1.29 is 53.5 Å². The minimum Gasteiger partial charge on any atom is -0.335 e. The Morgan fingerprint density at radius 3 is 1.85 bits per heavy atom. The van der Waals surface area contributed by atoms with Gasteiger partial charge in [0.25, 0.3) is 0 Å². The van der Waals surface area contributed by atoms with Crippen molar-refractivity contribution in [2.24, 2.45) is 5.92 Å².